The van der Waals surface area contributed by atoms with E-state index in [-0.39, 0.29) is 0 Å². The molecule has 0 aliphatic carbocycles. The first-order valence-corrected chi connectivity index (χ1v) is 3.60. The molecule has 0 unspecified atom stereocenters. The highest BCUT2D eigenvalue weighted by Gasteiger charge is 1.90. The zero-order chi connectivity index (χ0) is 6.36. The van der Waals surface area contributed by atoms with Gasteiger partial charge in [-0.2, -0.15) is 0 Å². The predicted molar refractivity (Wildman–Crippen MR) is 36.8 cm³/mol. The zero-order valence-corrected chi connectivity index (χ0v) is 5.65. The van der Waals surface area contributed by atoms with Crippen molar-refractivity contribution in [3.05, 3.63) is 0 Å². The van der Waals surface area contributed by atoms with Crippen LogP contribution in [0, 0.1) is 12.0 Å². The van der Waals surface area contributed by atoms with Crippen molar-refractivity contribution < 1.29 is 4.74 Å². The summed E-state index contributed by atoms with van der Waals surface area (Å²) in [6.07, 6.45) is 8.73. The Hall–Kier alpha value is -0.640. The normalized spacial score (nSPS) is 19.6. The summed E-state index contributed by atoms with van der Waals surface area (Å²) in [4.78, 5) is 0. The van der Waals surface area contributed by atoms with Crippen molar-refractivity contribution in [3.8, 4) is 12.0 Å². The second-order valence-corrected chi connectivity index (χ2v) is 2.29. The Labute approximate surface area is 56.4 Å². The zero-order valence-electron chi connectivity index (χ0n) is 5.65. The minimum Gasteiger partial charge on any atom is -0.447 e. The minimum atomic E-state index is 0.826. The SMILES string of the molecule is C1#COCCCCCC1. The summed E-state index contributed by atoms with van der Waals surface area (Å²) >= 11 is 0. The second kappa shape index (κ2) is 4.26. The van der Waals surface area contributed by atoms with Crippen LogP contribution in [0.4, 0.5) is 0 Å². The molecule has 1 aliphatic heterocycles. The molecule has 1 nitrogen and oxygen atoms in total. The molecular weight excluding hydrogens is 112 g/mol. The molecule has 0 bridgehead atoms. The molecule has 0 aromatic heterocycles. The third-order valence-corrected chi connectivity index (χ3v) is 1.44. The van der Waals surface area contributed by atoms with E-state index >= 15 is 0 Å². The van der Waals surface area contributed by atoms with Crippen LogP contribution in [0.15, 0.2) is 0 Å². The Balaban J connectivity index is 2.19. The Morgan fingerprint density at radius 1 is 1.00 bits per heavy atom. The van der Waals surface area contributed by atoms with Crippen molar-refractivity contribution in [3.63, 3.8) is 0 Å². The highest BCUT2D eigenvalue weighted by molar-refractivity contribution is 4.91. The van der Waals surface area contributed by atoms with E-state index in [0.717, 1.165) is 13.0 Å². The summed E-state index contributed by atoms with van der Waals surface area (Å²) in [5.74, 6) is 2.96. The van der Waals surface area contributed by atoms with Crippen LogP contribution in [0.1, 0.15) is 32.1 Å². The van der Waals surface area contributed by atoms with Crippen LogP contribution in [-0.2, 0) is 4.74 Å². The predicted octanol–water partition coefficient (Wildman–Crippen LogP) is 1.93. The topological polar surface area (TPSA) is 9.23 Å². The van der Waals surface area contributed by atoms with Gasteiger partial charge < -0.3 is 4.74 Å². The Morgan fingerprint density at radius 2 is 1.89 bits per heavy atom. The molecule has 0 spiro atoms. The lowest BCUT2D eigenvalue weighted by molar-refractivity contribution is 0.269. The number of hydrogen-bond acceptors (Lipinski definition) is 1. The molecule has 0 fully saturated rings. The standard InChI is InChI=1S/C8H12O/c1-2-4-6-8-9-7-5-3-1/h1-5,7H2. The monoisotopic (exact) mass is 124 g/mol. The molecule has 0 radical (unpaired) electrons. The second-order valence-electron chi connectivity index (χ2n) is 2.29. The summed E-state index contributed by atoms with van der Waals surface area (Å²) < 4.78 is 4.99. The van der Waals surface area contributed by atoms with Gasteiger partial charge in [-0.25, -0.2) is 0 Å². The number of hydrogen-bond donors (Lipinski definition) is 0. The largest absolute Gasteiger partial charge is 0.447 e. The van der Waals surface area contributed by atoms with Crippen molar-refractivity contribution in [2.24, 2.45) is 0 Å². The van der Waals surface area contributed by atoms with E-state index in [4.69, 9.17) is 4.74 Å². The van der Waals surface area contributed by atoms with Crippen LogP contribution in [0.2, 0.25) is 0 Å². The summed E-state index contributed by atoms with van der Waals surface area (Å²) in [6, 6.07) is 0. The highest BCUT2D eigenvalue weighted by atomic mass is 16.5. The quantitative estimate of drug-likeness (QED) is 0.448. The maximum Gasteiger partial charge on any atom is 0.110 e. The van der Waals surface area contributed by atoms with Gasteiger partial charge in [0.05, 0.1) is 0 Å². The number of ether oxygens (including phenoxy) is 1. The molecule has 0 N–H and O–H groups in total. The highest BCUT2D eigenvalue weighted by Crippen LogP contribution is 2.03. The average Bonchev–Trinajstić information content (AvgIpc) is 2.00. The maximum absolute atomic E-state index is 4.99. The maximum atomic E-state index is 4.99. The van der Waals surface area contributed by atoms with Crippen molar-refractivity contribution in [2.45, 2.75) is 32.1 Å². The summed E-state index contributed by atoms with van der Waals surface area (Å²) in [7, 11) is 0. The molecule has 1 heterocycles. The van der Waals surface area contributed by atoms with Gasteiger partial charge in [0.25, 0.3) is 0 Å². The Bertz CT molecular complexity index is 106. The van der Waals surface area contributed by atoms with Gasteiger partial charge >= 0.3 is 0 Å². The van der Waals surface area contributed by atoms with Gasteiger partial charge in [-0.1, -0.05) is 12.3 Å². The van der Waals surface area contributed by atoms with Crippen LogP contribution < -0.4 is 0 Å². The third kappa shape index (κ3) is 3.03. The molecule has 1 rings (SSSR count). The smallest absolute Gasteiger partial charge is 0.110 e. The van der Waals surface area contributed by atoms with Crippen LogP contribution >= 0.6 is 0 Å². The average molecular weight is 124 g/mol. The fourth-order valence-corrected chi connectivity index (χ4v) is 0.894. The summed E-state index contributed by atoms with van der Waals surface area (Å²) in [5.41, 5.74) is 0. The van der Waals surface area contributed by atoms with Crippen molar-refractivity contribution in [1.29, 1.82) is 0 Å². The van der Waals surface area contributed by atoms with Gasteiger partial charge in [0, 0.05) is 6.42 Å². The molecule has 0 amide bonds. The van der Waals surface area contributed by atoms with E-state index in [1.807, 2.05) is 0 Å². The van der Waals surface area contributed by atoms with Gasteiger partial charge in [0.2, 0.25) is 0 Å². The fraction of sp³-hybridized carbons (Fsp3) is 0.750. The van der Waals surface area contributed by atoms with Gasteiger partial charge in [-0.15, -0.1) is 0 Å². The fourth-order valence-electron chi connectivity index (χ4n) is 0.894. The van der Waals surface area contributed by atoms with E-state index in [9.17, 15) is 0 Å². The minimum absolute atomic E-state index is 0.826. The molecule has 0 atom stereocenters. The molecule has 0 aromatic rings. The van der Waals surface area contributed by atoms with E-state index in [2.05, 4.69) is 12.0 Å². The first-order valence-electron chi connectivity index (χ1n) is 3.60. The van der Waals surface area contributed by atoms with E-state index < -0.39 is 0 Å². The number of rotatable bonds is 0. The van der Waals surface area contributed by atoms with Crippen molar-refractivity contribution in [1.82, 2.24) is 0 Å². The van der Waals surface area contributed by atoms with E-state index in [0.29, 0.717) is 0 Å². The summed E-state index contributed by atoms with van der Waals surface area (Å²) in [6.45, 7) is 0.826. The molecule has 9 heavy (non-hydrogen) atoms. The lowest BCUT2D eigenvalue weighted by Gasteiger charge is -1.94. The molecule has 0 aromatic carbocycles. The van der Waals surface area contributed by atoms with Crippen molar-refractivity contribution in [2.75, 3.05) is 6.61 Å². The Morgan fingerprint density at radius 3 is 2.89 bits per heavy atom. The molecule has 1 heteroatoms. The molecular formula is C8H12O. The third-order valence-electron chi connectivity index (χ3n) is 1.44. The lowest BCUT2D eigenvalue weighted by atomic mass is 10.2. The van der Waals surface area contributed by atoms with Gasteiger partial charge in [0.15, 0.2) is 0 Å². The summed E-state index contributed by atoms with van der Waals surface area (Å²) in [5, 5.41) is 0. The van der Waals surface area contributed by atoms with Crippen LogP contribution in [0.3, 0.4) is 0 Å². The molecule has 50 valence electrons. The Kier molecular flexibility index (Phi) is 3.07. The van der Waals surface area contributed by atoms with E-state index in [1.165, 1.54) is 25.7 Å². The van der Waals surface area contributed by atoms with Crippen LogP contribution in [-0.4, -0.2) is 6.61 Å². The van der Waals surface area contributed by atoms with Gasteiger partial charge in [-0.05, 0) is 19.3 Å². The van der Waals surface area contributed by atoms with Crippen LogP contribution in [0.25, 0.3) is 0 Å². The molecule has 0 saturated heterocycles. The molecule has 1 aliphatic rings. The van der Waals surface area contributed by atoms with Crippen molar-refractivity contribution >= 4 is 0 Å². The molecule has 0 saturated carbocycles. The van der Waals surface area contributed by atoms with Gasteiger partial charge in [0.1, 0.15) is 12.7 Å². The van der Waals surface area contributed by atoms with Crippen LogP contribution in [0.5, 0.6) is 0 Å². The van der Waals surface area contributed by atoms with Gasteiger partial charge in [-0.3, -0.25) is 0 Å². The first-order chi connectivity index (χ1) is 4.50. The lowest BCUT2D eigenvalue weighted by Crippen LogP contribution is -1.85. The first kappa shape index (κ1) is 6.48. The van der Waals surface area contributed by atoms with E-state index in [1.54, 1.807) is 0 Å².